The van der Waals surface area contributed by atoms with Crippen LogP contribution in [0.1, 0.15) is 17.0 Å². The van der Waals surface area contributed by atoms with Crippen LogP contribution in [0.5, 0.6) is 0 Å². The van der Waals surface area contributed by atoms with Gasteiger partial charge in [0.1, 0.15) is 5.57 Å². The molecule has 0 spiro atoms. The number of aromatic nitrogens is 1. The smallest absolute Gasteiger partial charge is 0.270 e. The van der Waals surface area contributed by atoms with Crippen LogP contribution in [0.25, 0.3) is 6.08 Å². The lowest BCUT2D eigenvalue weighted by Gasteiger charge is -2.29. The molecule has 6 nitrogen and oxygen atoms in total. The zero-order valence-corrected chi connectivity index (χ0v) is 18.4. The van der Waals surface area contributed by atoms with Gasteiger partial charge in [-0.3, -0.25) is 19.8 Å². The van der Waals surface area contributed by atoms with E-state index in [0.29, 0.717) is 28.9 Å². The Hall–Kier alpha value is -2.19. The average Bonchev–Trinajstić information content (AvgIpc) is 2.89. The monoisotopic (exact) mass is 451 g/mol. The lowest BCUT2D eigenvalue weighted by Crippen LogP contribution is -2.54. The Morgan fingerprint density at radius 1 is 1.14 bits per heavy atom. The summed E-state index contributed by atoms with van der Waals surface area (Å²) >= 11 is 17.3. The maximum atomic E-state index is 13.1. The van der Waals surface area contributed by atoms with E-state index in [1.807, 2.05) is 19.9 Å². The Morgan fingerprint density at radius 3 is 2.41 bits per heavy atom. The van der Waals surface area contributed by atoms with Gasteiger partial charge in [0.25, 0.3) is 11.8 Å². The van der Waals surface area contributed by atoms with Gasteiger partial charge in [-0.25, -0.2) is 0 Å². The maximum absolute atomic E-state index is 13.1. The first kappa shape index (κ1) is 21.5. The fourth-order valence-corrected chi connectivity index (χ4v) is 4.01. The van der Waals surface area contributed by atoms with Crippen molar-refractivity contribution in [3.8, 4) is 0 Å². The molecule has 1 saturated heterocycles. The summed E-state index contributed by atoms with van der Waals surface area (Å²) in [6.07, 6.45) is 1.57. The van der Waals surface area contributed by atoms with E-state index in [1.165, 1.54) is 4.90 Å². The number of halogens is 2. The third-order valence-electron chi connectivity index (χ3n) is 4.64. The standard InChI is InChI=1S/C20H19Cl2N3O3S/c1-11-6-13(12(2)24(11)4-5-28-3)7-17-18(26)23-20(29)25(19(17)27)16-9-14(21)8-15(22)10-16/h6-10H,4-5H2,1-3H3,(H,23,26,29). The summed E-state index contributed by atoms with van der Waals surface area (Å²) in [7, 11) is 1.64. The molecule has 0 atom stereocenters. The largest absolute Gasteiger partial charge is 0.383 e. The molecule has 3 rings (SSSR count). The van der Waals surface area contributed by atoms with Crippen LogP contribution in [-0.2, 0) is 20.9 Å². The van der Waals surface area contributed by atoms with E-state index in [2.05, 4.69) is 9.88 Å². The van der Waals surface area contributed by atoms with Gasteiger partial charge in [-0.2, -0.15) is 0 Å². The fourth-order valence-electron chi connectivity index (χ4n) is 3.22. The number of hydrogen-bond donors (Lipinski definition) is 1. The highest BCUT2D eigenvalue weighted by Gasteiger charge is 2.35. The van der Waals surface area contributed by atoms with Crippen molar-refractivity contribution in [2.45, 2.75) is 20.4 Å². The Kier molecular flexibility index (Phi) is 6.43. The number of anilines is 1. The normalized spacial score (nSPS) is 16.0. The molecule has 2 heterocycles. The molecule has 0 radical (unpaired) electrons. The molecule has 2 amide bonds. The van der Waals surface area contributed by atoms with Crippen molar-refractivity contribution in [3.05, 3.63) is 56.8 Å². The Balaban J connectivity index is 2.02. The van der Waals surface area contributed by atoms with E-state index >= 15 is 0 Å². The number of thiocarbonyl (C=S) groups is 1. The van der Waals surface area contributed by atoms with Crippen molar-refractivity contribution in [1.82, 2.24) is 9.88 Å². The Morgan fingerprint density at radius 2 is 1.79 bits per heavy atom. The zero-order chi connectivity index (χ0) is 21.3. The predicted molar refractivity (Wildman–Crippen MR) is 118 cm³/mol. The molecule has 2 aromatic rings. The number of aryl methyl sites for hydroxylation is 1. The van der Waals surface area contributed by atoms with Gasteiger partial charge in [0, 0.05) is 35.1 Å². The van der Waals surface area contributed by atoms with Gasteiger partial charge in [-0.1, -0.05) is 23.2 Å². The van der Waals surface area contributed by atoms with Crippen molar-refractivity contribution < 1.29 is 14.3 Å². The molecule has 29 heavy (non-hydrogen) atoms. The molecule has 152 valence electrons. The van der Waals surface area contributed by atoms with Gasteiger partial charge in [-0.15, -0.1) is 0 Å². The molecular formula is C20H19Cl2N3O3S. The fraction of sp³-hybridized carbons (Fsp3) is 0.250. The SMILES string of the molecule is COCCn1c(C)cc(C=C2C(=O)NC(=S)N(c3cc(Cl)cc(Cl)c3)C2=O)c1C. The minimum atomic E-state index is -0.550. The number of hydrogen-bond acceptors (Lipinski definition) is 4. The van der Waals surface area contributed by atoms with Crippen LogP contribution < -0.4 is 10.2 Å². The van der Waals surface area contributed by atoms with Crippen molar-refractivity contribution in [2.24, 2.45) is 0 Å². The highest BCUT2D eigenvalue weighted by atomic mass is 35.5. The molecule has 0 aliphatic carbocycles. The van der Waals surface area contributed by atoms with Crippen LogP contribution in [0, 0.1) is 13.8 Å². The van der Waals surface area contributed by atoms with Gasteiger partial charge < -0.3 is 9.30 Å². The van der Waals surface area contributed by atoms with Gasteiger partial charge in [0.15, 0.2) is 5.11 Å². The summed E-state index contributed by atoms with van der Waals surface area (Å²) < 4.78 is 7.22. The van der Waals surface area contributed by atoms with Crippen LogP contribution in [0.4, 0.5) is 5.69 Å². The third-order valence-corrected chi connectivity index (χ3v) is 5.36. The van der Waals surface area contributed by atoms with Crippen LogP contribution >= 0.6 is 35.4 Å². The molecule has 1 fully saturated rings. The van der Waals surface area contributed by atoms with Gasteiger partial charge >= 0.3 is 0 Å². The van der Waals surface area contributed by atoms with E-state index < -0.39 is 11.8 Å². The molecule has 1 aliphatic rings. The maximum Gasteiger partial charge on any atom is 0.270 e. The van der Waals surface area contributed by atoms with Crippen molar-refractivity contribution in [2.75, 3.05) is 18.6 Å². The van der Waals surface area contributed by atoms with Crippen molar-refractivity contribution in [1.29, 1.82) is 0 Å². The lowest BCUT2D eigenvalue weighted by atomic mass is 10.1. The van der Waals surface area contributed by atoms with Gasteiger partial charge in [-0.05, 0) is 62.0 Å². The van der Waals surface area contributed by atoms with E-state index in [1.54, 1.807) is 31.4 Å². The van der Waals surface area contributed by atoms with Crippen molar-refractivity contribution >= 4 is 64.1 Å². The second-order valence-corrected chi connectivity index (χ2v) is 7.82. The summed E-state index contributed by atoms with van der Waals surface area (Å²) in [6.45, 7) is 5.13. The van der Waals surface area contributed by atoms with Gasteiger partial charge in [0.05, 0.1) is 12.3 Å². The number of methoxy groups -OCH3 is 1. The zero-order valence-electron chi connectivity index (χ0n) is 16.1. The molecule has 1 aliphatic heterocycles. The number of rotatable bonds is 5. The van der Waals surface area contributed by atoms with Gasteiger partial charge in [0.2, 0.25) is 0 Å². The number of nitrogens with one attached hydrogen (secondary N) is 1. The second-order valence-electron chi connectivity index (χ2n) is 6.56. The molecule has 0 bridgehead atoms. The van der Waals surface area contributed by atoms with Crippen LogP contribution in [0.2, 0.25) is 10.0 Å². The number of ether oxygens (including phenoxy) is 1. The minimum Gasteiger partial charge on any atom is -0.383 e. The second kappa shape index (κ2) is 8.67. The number of carbonyl (C=O) groups excluding carboxylic acids is 2. The first-order valence-corrected chi connectivity index (χ1v) is 9.92. The first-order chi connectivity index (χ1) is 13.7. The molecule has 1 aromatic heterocycles. The summed E-state index contributed by atoms with van der Waals surface area (Å²) in [5, 5.41) is 3.24. The lowest BCUT2D eigenvalue weighted by molar-refractivity contribution is -0.122. The Bertz CT molecular complexity index is 1030. The van der Waals surface area contributed by atoms with E-state index in [-0.39, 0.29) is 10.7 Å². The summed E-state index contributed by atoms with van der Waals surface area (Å²) in [5.74, 6) is -1.09. The minimum absolute atomic E-state index is 0.0262. The highest BCUT2D eigenvalue weighted by molar-refractivity contribution is 7.80. The highest BCUT2D eigenvalue weighted by Crippen LogP contribution is 2.29. The molecule has 1 N–H and O–H groups in total. The number of carbonyl (C=O) groups is 2. The topological polar surface area (TPSA) is 63.6 Å². The van der Waals surface area contributed by atoms with Crippen LogP contribution in [0.3, 0.4) is 0 Å². The number of benzene rings is 1. The van der Waals surface area contributed by atoms with Crippen molar-refractivity contribution in [3.63, 3.8) is 0 Å². The number of nitrogens with zero attached hydrogens (tertiary/aromatic N) is 2. The quantitative estimate of drug-likeness (QED) is 0.425. The van der Waals surface area contributed by atoms with E-state index in [4.69, 9.17) is 40.2 Å². The summed E-state index contributed by atoms with van der Waals surface area (Å²) in [6, 6.07) is 6.59. The molecule has 9 heteroatoms. The summed E-state index contributed by atoms with van der Waals surface area (Å²) in [5.41, 5.74) is 3.06. The average molecular weight is 452 g/mol. The molecule has 0 saturated carbocycles. The third kappa shape index (κ3) is 4.38. The molecule has 1 aromatic carbocycles. The first-order valence-electron chi connectivity index (χ1n) is 8.76. The van der Waals surface area contributed by atoms with E-state index in [9.17, 15) is 9.59 Å². The molecule has 0 unspecified atom stereocenters. The molecular weight excluding hydrogens is 433 g/mol. The summed E-state index contributed by atoms with van der Waals surface area (Å²) in [4.78, 5) is 26.9. The Labute approximate surface area is 184 Å². The number of amides is 2. The predicted octanol–water partition coefficient (Wildman–Crippen LogP) is 3.89. The van der Waals surface area contributed by atoms with Crippen LogP contribution in [0.15, 0.2) is 29.8 Å². The van der Waals surface area contributed by atoms with E-state index in [0.717, 1.165) is 17.0 Å². The van der Waals surface area contributed by atoms with Crippen LogP contribution in [-0.4, -0.2) is 35.2 Å².